The fraction of sp³-hybridized carbons (Fsp3) is 0.238. The van der Waals surface area contributed by atoms with E-state index in [1.165, 1.54) is 0 Å². The number of aromatic nitrogens is 1. The van der Waals surface area contributed by atoms with Crippen molar-refractivity contribution in [1.82, 2.24) is 4.98 Å². The molecule has 0 atom stereocenters. The van der Waals surface area contributed by atoms with Crippen LogP contribution in [0.25, 0.3) is 0 Å². The standard InChI is InChI=1S/C21H21BrF3N3S/c1-5-19(29-6-2)20(28-17-9-7-8-16(22)11-17)14(4)27-18-10-15(21(23,24)25)12-26-13(18)3/h5,7-12,27H,4,6H2,1-3H3/b19-5+,28-20?. The Morgan fingerprint density at radius 3 is 2.66 bits per heavy atom. The Balaban J connectivity index is 2.45. The van der Waals surface area contributed by atoms with Gasteiger partial charge in [0.15, 0.2) is 0 Å². The van der Waals surface area contributed by atoms with Crippen LogP contribution in [-0.2, 0) is 6.18 Å². The second-order valence-electron chi connectivity index (χ2n) is 5.98. The number of benzene rings is 1. The van der Waals surface area contributed by atoms with Crippen LogP contribution >= 0.6 is 27.7 Å². The molecule has 3 nitrogen and oxygen atoms in total. The summed E-state index contributed by atoms with van der Waals surface area (Å²) in [5, 5.41) is 2.98. The van der Waals surface area contributed by atoms with Gasteiger partial charge in [0.1, 0.15) is 0 Å². The second kappa shape index (κ2) is 10.1. The third kappa shape index (κ3) is 6.47. The first-order valence-electron chi connectivity index (χ1n) is 8.79. The van der Waals surface area contributed by atoms with Crippen molar-refractivity contribution in [3.05, 3.63) is 75.5 Å². The predicted molar refractivity (Wildman–Crippen MR) is 120 cm³/mol. The van der Waals surface area contributed by atoms with E-state index >= 15 is 0 Å². The summed E-state index contributed by atoms with van der Waals surface area (Å²) in [5.41, 5.74) is 1.51. The summed E-state index contributed by atoms with van der Waals surface area (Å²) in [4.78, 5) is 9.44. The van der Waals surface area contributed by atoms with Crippen LogP contribution in [-0.4, -0.2) is 16.4 Å². The summed E-state index contributed by atoms with van der Waals surface area (Å²) in [6.07, 6.45) is -1.74. The van der Waals surface area contributed by atoms with Crippen molar-refractivity contribution < 1.29 is 13.2 Å². The minimum atomic E-state index is -4.47. The molecular formula is C21H21BrF3N3S. The fourth-order valence-corrected chi connectivity index (χ4v) is 3.60. The number of allylic oxidation sites excluding steroid dienone is 2. The van der Waals surface area contributed by atoms with Crippen molar-refractivity contribution >= 4 is 44.8 Å². The molecule has 0 aliphatic heterocycles. The molecule has 0 fully saturated rings. The van der Waals surface area contributed by atoms with Crippen LogP contribution < -0.4 is 5.32 Å². The van der Waals surface area contributed by atoms with E-state index < -0.39 is 11.7 Å². The number of rotatable bonds is 7. The minimum absolute atomic E-state index is 0.240. The van der Waals surface area contributed by atoms with E-state index in [-0.39, 0.29) is 5.69 Å². The van der Waals surface area contributed by atoms with Gasteiger partial charge in [-0.15, -0.1) is 11.8 Å². The van der Waals surface area contributed by atoms with Gasteiger partial charge in [0.05, 0.1) is 34.0 Å². The molecule has 2 rings (SSSR count). The minimum Gasteiger partial charge on any atom is -0.353 e. The van der Waals surface area contributed by atoms with Crippen LogP contribution in [0, 0.1) is 6.92 Å². The van der Waals surface area contributed by atoms with Gasteiger partial charge >= 0.3 is 6.18 Å². The lowest BCUT2D eigenvalue weighted by atomic mass is 10.2. The fourth-order valence-electron chi connectivity index (χ4n) is 2.43. The van der Waals surface area contributed by atoms with Crippen LogP contribution in [0.15, 0.2) is 69.3 Å². The molecule has 0 saturated heterocycles. The summed E-state index contributed by atoms with van der Waals surface area (Å²) in [5.74, 6) is 0.814. The van der Waals surface area contributed by atoms with Crippen molar-refractivity contribution in [3.8, 4) is 0 Å². The summed E-state index contributed by atoms with van der Waals surface area (Å²) >= 11 is 5.00. The lowest BCUT2D eigenvalue weighted by Gasteiger charge is -2.17. The molecule has 1 heterocycles. The maximum atomic E-state index is 13.1. The highest BCUT2D eigenvalue weighted by Gasteiger charge is 2.31. The summed E-state index contributed by atoms with van der Waals surface area (Å²) in [7, 11) is 0. The first-order valence-corrected chi connectivity index (χ1v) is 10.6. The number of aryl methyl sites for hydroxylation is 1. The first-order chi connectivity index (χ1) is 13.7. The average molecular weight is 484 g/mol. The molecule has 0 bridgehead atoms. The third-order valence-corrected chi connectivity index (χ3v) is 5.35. The lowest BCUT2D eigenvalue weighted by Crippen LogP contribution is -2.14. The average Bonchev–Trinajstić information content (AvgIpc) is 2.65. The van der Waals surface area contributed by atoms with Crippen molar-refractivity contribution in [1.29, 1.82) is 0 Å². The smallest absolute Gasteiger partial charge is 0.353 e. The van der Waals surface area contributed by atoms with Gasteiger partial charge in [0, 0.05) is 15.6 Å². The number of halogens is 4. The maximum Gasteiger partial charge on any atom is 0.417 e. The van der Waals surface area contributed by atoms with Crippen LogP contribution in [0.1, 0.15) is 25.1 Å². The van der Waals surface area contributed by atoms with E-state index in [0.29, 0.717) is 22.8 Å². The number of aliphatic imine (C=N–C) groups is 1. The number of nitrogens with zero attached hydrogens (tertiary/aromatic N) is 2. The van der Waals surface area contributed by atoms with Gasteiger partial charge in [0.2, 0.25) is 0 Å². The molecule has 0 aliphatic rings. The Hall–Kier alpha value is -2.06. The molecule has 0 aliphatic carbocycles. The number of alkyl halides is 3. The van der Waals surface area contributed by atoms with Crippen LogP contribution in [0.3, 0.4) is 0 Å². The Morgan fingerprint density at radius 2 is 2.07 bits per heavy atom. The molecule has 1 N–H and O–H groups in total. The van der Waals surface area contributed by atoms with E-state index in [1.54, 1.807) is 18.7 Å². The van der Waals surface area contributed by atoms with Gasteiger partial charge in [0.25, 0.3) is 0 Å². The lowest BCUT2D eigenvalue weighted by molar-refractivity contribution is -0.137. The molecule has 0 radical (unpaired) electrons. The van der Waals surface area contributed by atoms with E-state index in [2.05, 4.69) is 32.8 Å². The number of pyridine rings is 1. The quantitative estimate of drug-likeness (QED) is 0.413. The topological polar surface area (TPSA) is 37.3 Å². The van der Waals surface area contributed by atoms with Gasteiger partial charge in [-0.05, 0) is 43.9 Å². The van der Waals surface area contributed by atoms with Crippen molar-refractivity contribution in [2.24, 2.45) is 4.99 Å². The van der Waals surface area contributed by atoms with Crippen molar-refractivity contribution in [2.75, 3.05) is 11.1 Å². The number of hydrogen-bond donors (Lipinski definition) is 1. The van der Waals surface area contributed by atoms with Crippen molar-refractivity contribution in [3.63, 3.8) is 0 Å². The van der Waals surface area contributed by atoms with E-state index in [4.69, 9.17) is 4.99 Å². The largest absolute Gasteiger partial charge is 0.417 e. The van der Waals surface area contributed by atoms with E-state index in [9.17, 15) is 13.2 Å². The normalized spacial score (nSPS) is 12.8. The van der Waals surface area contributed by atoms with Crippen LogP contribution in [0.2, 0.25) is 0 Å². The summed E-state index contributed by atoms with van der Waals surface area (Å²) < 4.78 is 40.1. The number of nitrogens with one attached hydrogen (secondary N) is 1. The van der Waals surface area contributed by atoms with Crippen molar-refractivity contribution in [2.45, 2.75) is 26.9 Å². The monoisotopic (exact) mass is 483 g/mol. The van der Waals surface area contributed by atoms with Gasteiger partial charge in [-0.2, -0.15) is 13.2 Å². The van der Waals surface area contributed by atoms with E-state index in [1.807, 2.05) is 44.2 Å². The number of anilines is 1. The number of hydrogen-bond acceptors (Lipinski definition) is 4. The zero-order chi connectivity index (χ0) is 21.6. The molecule has 154 valence electrons. The molecule has 8 heteroatoms. The van der Waals surface area contributed by atoms with E-state index in [0.717, 1.165) is 27.4 Å². The molecule has 0 amide bonds. The van der Waals surface area contributed by atoms with Gasteiger partial charge in [-0.25, -0.2) is 4.99 Å². The van der Waals surface area contributed by atoms with Gasteiger partial charge in [-0.1, -0.05) is 41.6 Å². The molecule has 2 aromatic rings. The molecule has 1 aromatic heterocycles. The van der Waals surface area contributed by atoms with Crippen LogP contribution in [0.4, 0.5) is 24.5 Å². The molecule has 1 aromatic carbocycles. The molecule has 0 unspecified atom stereocenters. The maximum absolute atomic E-state index is 13.1. The Bertz CT molecular complexity index is 952. The zero-order valence-electron chi connectivity index (χ0n) is 16.3. The molecule has 0 saturated carbocycles. The third-order valence-electron chi connectivity index (χ3n) is 3.83. The van der Waals surface area contributed by atoms with Gasteiger partial charge in [-0.3, -0.25) is 4.98 Å². The molecule has 0 spiro atoms. The van der Waals surface area contributed by atoms with Crippen LogP contribution in [0.5, 0.6) is 0 Å². The second-order valence-corrected chi connectivity index (χ2v) is 8.21. The summed E-state index contributed by atoms with van der Waals surface area (Å²) in [6, 6.07) is 8.49. The highest BCUT2D eigenvalue weighted by atomic mass is 79.9. The van der Waals surface area contributed by atoms with Gasteiger partial charge < -0.3 is 5.32 Å². The Labute approximate surface area is 181 Å². The first kappa shape index (κ1) is 23.2. The zero-order valence-corrected chi connectivity index (χ0v) is 18.7. The summed E-state index contributed by atoms with van der Waals surface area (Å²) in [6.45, 7) is 9.58. The highest BCUT2D eigenvalue weighted by Crippen LogP contribution is 2.32. The SMILES string of the molecule is C=C(Nc1cc(C(F)(F)F)cnc1C)C(=Nc1cccc(Br)c1)/C(=C\C)SCC. The molecular weight excluding hydrogens is 463 g/mol. The predicted octanol–water partition coefficient (Wildman–Crippen LogP) is 7.53. The molecule has 29 heavy (non-hydrogen) atoms. The Morgan fingerprint density at radius 1 is 1.34 bits per heavy atom. The Kier molecular flexibility index (Phi) is 8.10. The highest BCUT2D eigenvalue weighted by molar-refractivity contribution is 9.10. The number of thioether (sulfide) groups is 1.